The van der Waals surface area contributed by atoms with Crippen LogP contribution >= 0.6 is 0 Å². The quantitative estimate of drug-likeness (QED) is 0.610. The SMILES string of the molecule is CCC1CCC(COC)CC1. The van der Waals surface area contributed by atoms with E-state index in [1.54, 1.807) is 0 Å². The second kappa shape index (κ2) is 4.76. The maximum atomic E-state index is 5.15. The Labute approximate surface area is 70.1 Å². The van der Waals surface area contributed by atoms with Gasteiger partial charge < -0.3 is 4.74 Å². The van der Waals surface area contributed by atoms with Crippen molar-refractivity contribution < 1.29 is 4.74 Å². The van der Waals surface area contributed by atoms with Crippen LogP contribution in [0.5, 0.6) is 0 Å². The molecule has 1 nitrogen and oxygen atoms in total. The molecule has 1 aliphatic rings. The van der Waals surface area contributed by atoms with Crippen LogP contribution in [0.25, 0.3) is 0 Å². The lowest BCUT2D eigenvalue weighted by atomic mass is 9.81. The van der Waals surface area contributed by atoms with Crippen molar-refractivity contribution in [3.63, 3.8) is 0 Å². The minimum Gasteiger partial charge on any atom is -0.384 e. The van der Waals surface area contributed by atoms with Gasteiger partial charge in [-0.2, -0.15) is 0 Å². The molecule has 0 aromatic heterocycles. The zero-order valence-electron chi connectivity index (χ0n) is 7.81. The van der Waals surface area contributed by atoms with E-state index in [0.29, 0.717) is 0 Å². The molecule has 0 unspecified atom stereocenters. The Bertz CT molecular complexity index is 93.0. The van der Waals surface area contributed by atoms with E-state index in [1.807, 2.05) is 7.11 Å². The van der Waals surface area contributed by atoms with E-state index in [-0.39, 0.29) is 0 Å². The highest BCUT2D eigenvalue weighted by Gasteiger charge is 2.19. The molecule has 0 bridgehead atoms. The molecule has 0 radical (unpaired) electrons. The number of hydrogen-bond donors (Lipinski definition) is 0. The van der Waals surface area contributed by atoms with Crippen molar-refractivity contribution in [2.45, 2.75) is 39.0 Å². The lowest BCUT2D eigenvalue weighted by Crippen LogP contribution is -2.17. The van der Waals surface area contributed by atoms with Crippen LogP contribution in [-0.2, 0) is 4.74 Å². The van der Waals surface area contributed by atoms with Crippen LogP contribution in [0.3, 0.4) is 0 Å². The Morgan fingerprint density at radius 2 is 1.64 bits per heavy atom. The molecule has 1 fully saturated rings. The fourth-order valence-electron chi connectivity index (χ4n) is 2.04. The lowest BCUT2D eigenvalue weighted by molar-refractivity contribution is 0.118. The summed E-state index contributed by atoms with van der Waals surface area (Å²) in [4.78, 5) is 0. The summed E-state index contributed by atoms with van der Waals surface area (Å²) in [5, 5.41) is 0. The van der Waals surface area contributed by atoms with Gasteiger partial charge in [-0.3, -0.25) is 0 Å². The van der Waals surface area contributed by atoms with Crippen molar-refractivity contribution in [3.8, 4) is 0 Å². The molecule has 11 heavy (non-hydrogen) atoms. The van der Waals surface area contributed by atoms with Crippen molar-refractivity contribution in [3.05, 3.63) is 0 Å². The molecule has 1 rings (SSSR count). The maximum absolute atomic E-state index is 5.15. The Kier molecular flexibility index (Phi) is 3.92. The summed E-state index contributed by atoms with van der Waals surface area (Å²) >= 11 is 0. The monoisotopic (exact) mass is 156 g/mol. The van der Waals surface area contributed by atoms with E-state index in [4.69, 9.17) is 4.74 Å². The van der Waals surface area contributed by atoms with Crippen LogP contribution in [0.2, 0.25) is 0 Å². The Balaban J connectivity index is 2.14. The zero-order valence-corrected chi connectivity index (χ0v) is 7.81. The van der Waals surface area contributed by atoms with Crippen molar-refractivity contribution in [1.82, 2.24) is 0 Å². The van der Waals surface area contributed by atoms with E-state index >= 15 is 0 Å². The fourth-order valence-corrected chi connectivity index (χ4v) is 2.04. The van der Waals surface area contributed by atoms with E-state index in [1.165, 1.54) is 32.1 Å². The van der Waals surface area contributed by atoms with Crippen LogP contribution in [0.1, 0.15) is 39.0 Å². The average Bonchev–Trinajstić information content (AvgIpc) is 2.07. The molecule has 0 aromatic carbocycles. The number of hydrogen-bond acceptors (Lipinski definition) is 1. The molecule has 0 aromatic rings. The number of rotatable bonds is 3. The summed E-state index contributed by atoms with van der Waals surface area (Å²) in [6.07, 6.45) is 7.04. The van der Waals surface area contributed by atoms with Gasteiger partial charge in [0.2, 0.25) is 0 Å². The van der Waals surface area contributed by atoms with Crippen molar-refractivity contribution in [2.75, 3.05) is 13.7 Å². The summed E-state index contributed by atoms with van der Waals surface area (Å²) in [7, 11) is 1.81. The fraction of sp³-hybridized carbons (Fsp3) is 1.00. The smallest absolute Gasteiger partial charge is 0.0490 e. The molecule has 1 heteroatoms. The molecule has 1 aliphatic carbocycles. The molecule has 0 saturated heterocycles. The minimum absolute atomic E-state index is 0.864. The van der Waals surface area contributed by atoms with Crippen molar-refractivity contribution in [2.24, 2.45) is 11.8 Å². The van der Waals surface area contributed by atoms with E-state index < -0.39 is 0 Å². The standard InChI is InChI=1S/C10H20O/c1-3-9-4-6-10(7-5-9)8-11-2/h9-10H,3-8H2,1-2H3. The van der Waals surface area contributed by atoms with Gasteiger partial charge in [-0.25, -0.2) is 0 Å². The molecule has 0 amide bonds. The van der Waals surface area contributed by atoms with Crippen LogP contribution < -0.4 is 0 Å². The summed E-state index contributed by atoms with van der Waals surface area (Å²) in [6.45, 7) is 3.29. The van der Waals surface area contributed by atoms with Crippen molar-refractivity contribution >= 4 is 0 Å². The molecule has 0 aliphatic heterocycles. The molecule has 0 N–H and O–H groups in total. The number of ether oxygens (including phenoxy) is 1. The van der Waals surface area contributed by atoms with Gasteiger partial charge in [0.25, 0.3) is 0 Å². The van der Waals surface area contributed by atoms with Crippen LogP contribution in [0.15, 0.2) is 0 Å². The van der Waals surface area contributed by atoms with Gasteiger partial charge in [-0.15, -0.1) is 0 Å². The molecule has 0 spiro atoms. The summed E-state index contributed by atoms with van der Waals surface area (Å²) in [6, 6.07) is 0. The van der Waals surface area contributed by atoms with Gasteiger partial charge in [-0.05, 0) is 24.7 Å². The van der Waals surface area contributed by atoms with Gasteiger partial charge in [-0.1, -0.05) is 26.2 Å². The normalized spacial score (nSPS) is 32.2. The van der Waals surface area contributed by atoms with Crippen molar-refractivity contribution in [1.29, 1.82) is 0 Å². The summed E-state index contributed by atoms with van der Waals surface area (Å²) < 4.78 is 5.15. The average molecular weight is 156 g/mol. The first-order valence-corrected chi connectivity index (χ1v) is 4.85. The predicted octanol–water partition coefficient (Wildman–Crippen LogP) is 2.85. The third-order valence-corrected chi connectivity index (χ3v) is 2.95. The third kappa shape index (κ3) is 2.82. The molecule has 1 saturated carbocycles. The minimum atomic E-state index is 0.864. The van der Waals surface area contributed by atoms with Gasteiger partial charge in [0.1, 0.15) is 0 Å². The second-order valence-corrected chi connectivity index (χ2v) is 3.75. The first-order chi connectivity index (χ1) is 5.36. The highest BCUT2D eigenvalue weighted by Crippen LogP contribution is 2.30. The molecular weight excluding hydrogens is 136 g/mol. The summed E-state index contributed by atoms with van der Waals surface area (Å²) in [5.74, 6) is 1.88. The molecule has 66 valence electrons. The summed E-state index contributed by atoms with van der Waals surface area (Å²) in [5.41, 5.74) is 0. The Hall–Kier alpha value is -0.0400. The van der Waals surface area contributed by atoms with E-state index in [2.05, 4.69) is 6.92 Å². The first kappa shape index (κ1) is 9.05. The molecular formula is C10H20O. The van der Waals surface area contributed by atoms with Crippen LogP contribution in [0.4, 0.5) is 0 Å². The zero-order chi connectivity index (χ0) is 8.10. The Morgan fingerprint density at radius 1 is 1.09 bits per heavy atom. The molecule has 0 heterocycles. The van der Waals surface area contributed by atoms with Gasteiger partial charge in [0.05, 0.1) is 0 Å². The highest BCUT2D eigenvalue weighted by molar-refractivity contribution is 4.71. The Morgan fingerprint density at radius 3 is 2.09 bits per heavy atom. The highest BCUT2D eigenvalue weighted by atomic mass is 16.5. The third-order valence-electron chi connectivity index (χ3n) is 2.95. The van der Waals surface area contributed by atoms with E-state index in [0.717, 1.165) is 18.4 Å². The number of methoxy groups -OCH3 is 1. The second-order valence-electron chi connectivity index (χ2n) is 3.75. The topological polar surface area (TPSA) is 9.23 Å². The molecule has 0 atom stereocenters. The first-order valence-electron chi connectivity index (χ1n) is 4.85. The maximum Gasteiger partial charge on any atom is 0.0490 e. The van der Waals surface area contributed by atoms with Gasteiger partial charge in [0, 0.05) is 13.7 Å². The van der Waals surface area contributed by atoms with Gasteiger partial charge in [0.15, 0.2) is 0 Å². The predicted molar refractivity (Wildman–Crippen MR) is 47.6 cm³/mol. The van der Waals surface area contributed by atoms with Gasteiger partial charge >= 0.3 is 0 Å². The largest absolute Gasteiger partial charge is 0.384 e. The van der Waals surface area contributed by atoms with Crippen LogP contribution in [-0.4, -0.2) is 13.7 Å². The van der Waals surface area contributed by atoms with Crippen LogP contribution in [0, 0.1) is 11.8 Å². The van der Waals surface area contributed by atoms with E-state index in [9.17, 15) is 0 Å². The lowest BCUT2D eigenvalue weighted by Gasteiger charge is -2.26.